The van der Waals surface area contributed by atoms with Crippen molar-refractivity contribution in [1.29, 1.82) is 0 Å². The lowest BCUT2D eigenvalue weighted by Crippen LogP contribution is -2.43. The molecule has 0 spiro atoms. The smallest absolute Gasteiger partial charge is 0.341 e. The number of carboxylic acids is 1. The fourth-order valence-electron chi connectivity index (χ4n) is 4.82. The lowest BCUT2D eigenvalue weighted by molar-refractivity contribution is 0.0695. The zero-order valence-corrected chi connectivity index (χ0v) is 20.8. The number of hydrogen-bond acceptors (Lipinski definition) is 8. The van der Waals surface area contributed by atoms with Gasteiger partial charge in [0.2, 0.25) is 11.3 Å². The van der Waals surface area contributed by atoms with Gasteiger partial charge in [-0.3, -0.25) is 14.0 Å². The lowest BCUT2D eigenvalue weighted by atomic mass is 10.1. The number of ether oxygens (including phenoxy) is 1. The minimum absolute atomic E-state index is 0.0781. The molecule has 1 atom stereocenters. The summed E-state index contributed by atoms with van der Waals surface area (Å²) >= 11 is 6.63. The second kappa shape index (κ2) is 9.69. The summed E-state index contributed by atoms with van der Waals surface area (Å²) in [5.41, 5.74) is -0.247. The van der Waals surface area contributed by atoms with E-state index in [0.29, 0.717) is 18.1 Å². The predicted molar refractivity (Wildman–Crippen MR) is 137 cm³/mol. The Hall–Kier alpha value is -4.03. The van der Waals surface area contributed by atoms with Crippen LogP contribution in [0.25, 0.3) is 16.7 Å². The molecule has 0 bridgehead atoms. The number of carbonyl (C=O) groups is 1. The summed E-state index contributed by atoms with van der Waals surface area (Å²) in [5, 5.41) is 17.6. The Balaban J connectivity index is 1.41. The fraction of sp³-hybridized carbons (Fsp3) is 0.320. The molecule has 6 rings (SSSR count). The Morgan fingerprint density at radius 2 is 2.16 bits per heavy atom. The highest BCUT2D eigenvalue weighted by atomic mass is 35.5. The van der Waals surface area contributed by atoms with Gasteiger partial charge in [-0.15, -0.1) is 0 Å². The molecule has 0 amide bonds. The lowest BCUT2D eigenvalue weighted by Gasteiger charge is -2.27. The first-order valence-electron chi connectivity index (χ1n) is 12.1. The van der Waals surface area contributed by atoms with Crippen LogP contribution < -0.4 is 20.4 Å². The van der Waals surface area contributed by atoms with Gasteiger partial charge in [-0.25, -0.2) is 19.2 Å². The maximum Gasteiger partial charge on any atom is 0.341 e. The van der Waals surface area contributed by atoms with Crippen molar-refractivity contribution in [3.63, 3.8) is 0 Å². The Labute approximate surface area is 220 Å². The van der Waals surface area contributed by atoms with E-state index in [2.05, 4.69) is 15.4 Å². The van der Waals surface area contributed by atoms with Gasteiger partial charge < -0.3 is 20.1 Å². The van der Waals surface area contributed by atoms with E-state index in [1.807, 2.05) is 4.90 Å². The fourth-order valence-corrected chi connectivity index (χ4v) is 5.08. The van der Waals surface area contributed by atoms with E-state index in [4.69, 9.17) is 21.3 Å². The van der Waals surface area contributed by atoms with Crippen molar-refractivity contribution in [2.45, 2.75) is 24.9 Å². The van der Waals surface area contributed by atoms with Gasteiger partial charge in [-0.2, -0.15) is 5.10 Å². The molecule has 2 N–H and O–H groups in total. The minimum atomic E-state index is -1.35. The van der Waals surface area contributed by atoms with Gasteiger partial charge in [0.15, 0.2) is 11.5 Å². The van der Waals surface area contributed by atoms with Crippen molar-refractivity contribution in [3.05, 3.63) is 69.6 Å². The molecule has 2 saturated heterocycles. The average Bonchev–Trinajstić information content (AvgIpc) is 3.52. The third-order valence-electron chi connectivity index (χ3n) is 6.93. The van der Waals surface area contributed by atoms with Crippen LogP contribution in [0.15, 0.2) is 47.8 Å². The van der Waals surface area contributed by atoms with Crippen LogP contribution in [-0.4, -0.2) is 67.7 Å². The third-order valence-corrected chi connectivity index (χ3v) is 7.21. The van der Waals surface area contributed by atoms with Crippen molar-refractivity contribution < 1.29 is 19.0 Å². The van der Waals surface area contributed by atoms with E-state index in [1.165, 1.54) is 30.6 Å². The summed E-state index contributed by atoms with van der Waals surface area (Å²) in [7, 11) is 0. The highest BCUT2D eigenvalue weighted by molar-refractivity contribution is 6.33. The number of carboxylic acid groups (broad SMARTS) is 1. The number of nitrogens with zero attached hydrogens (tertiary/aromatic N) is 6. The number of rotatable bonds is 7. The molecule has 6 heterocycles. The Bertz CT molecular complexity index is 1600. The first kappa shape index (κ1) is 24.3. The first-order valence-corrected chi connectivity index (χ1v) is 12.5. The van der Waals surface area contributed by atoms with Gasteiger partial charge in [0.25, 0.3) is 0 Å². The second-order valence-electron chi connectivity index (χ2n) is 9.29. The molecule has 0 saturated carbocycles. The van der Waals surface area contributed by atoms with Gasteiger partial charge in [-0.1, -0.05) is 11.6 Å². The summed E-state index contributed by atoms with van der Waals surface area (Å²) in [4.78, 5) is 35.6. The Kier molecular flexibility index (Phi) is 6.20. The molecule has 0 radical (unpaired) electrons. The molecule has 13 heteroatoms. The largest absolute Gasteiger partial charge is 0.477 e. The molecular weight excluding hydrogens is 517 g/mol. The summed E-state index contributed by atoms with van der Waals surface area (Å²) in [5.74, 6) is -1.54. The van der Waals surface area contributed by atoms with Crippen LogP contribution in [0.2, 0.25) is 5.02 Å². The number of hydrogen-bond donors (Lipinski definition) is 2. The van der Waals surface area contributed by atoms with Crippen molar-refractivity contribution in [2.24, 2.45) is 0 Å². The van der Waals surface area contributed by atoms with Gasteiger partial charge >= 0.3 is 5.97 Å². The van der Waals surface area contributed by atoms with Crippen molar-refractivity contribution in [3.8, 4) is 11.6 Å². The molecule has 0 unspecified atom stereocenters. The minimum Gasteiger partial charge on any atom is -0.477 e. The number of aromatic carboxylic acids is 1. The molecule has 2 aliphatic rings. The van der Waals surface area contributed by atoms with Gasteiger partial charge in [0.05, 0.1) is 34.4 Å². The Morgan fingerprint density at radius 1 is 1.32 bits per heavy atom. The molecule has 4 aromatic rings. The van der Waals surface area contributed by atoms with E-state index >= 15 is 0 Å². The van der Waals surface area contributed by atoms with Crippen LogP contribution in [0.4, 0.5) is 10.2 Å². The summed E-state index contributed by atoms with van der Waals surface area (Å²) in [6, 6.07) is 4.27. The van der Waals surface area contributed by atoms with Crippen LogP contribution in [0, 0.1) is 5.82 Å². The normalized spacial score (nSPS) is 17.6. The van der Waals surface area contributed by atoms with E-state index in [-0.39, 0.29) is 40.6 Å². The second-order valence-corrected chi connectivity index (χ2v) is 9.70. The number of fused-ring (bicyclic) bond motifs is 1. The number of pyridine rings is 3. The van der Waals surface area contributed by atoms with Crippen LogP contribution in [-0.2, 0) is 0 Å². The van der Waals surface area contributed by atoms with Gasteiger partial charge in [0, 0.05) is 38.2 Å². The van der Waals surface area contributed by atoms with E-state index in [9.17, 15) is 19.1 Å². The zero-order chi connectivity index (χ0) is 26.4. The summed E-state index contributed by atoms with van der Waals surface area (Å²) in [6.07, 6.45) is 7.73. The van der Waals surface area contributed by atoms with E-state index < -0.39 is 22.8 Å². The summed E-state index contributed by atoms with van der Waals surface area (Å²) in [6.45, 7) is 2.36. The highest BCUT2D eigenvalue weighted by Gasteiger charge is 2.30. The molecule has 2 aliphatic heterocycles. The number of aromatic nitrogens is 5. The van der Waals surface area contributed by atoms with Crippen LogP contribution in [0.5, 0.6) is 5.88 Å². The molecule has 11 nitrogen and oxygen atoms in total. The number of nitrogens with one attached hydrogen (secondary N) is 1. The highest BCUT2D eigenvalue weighted by Crippen LogP contribution is 2.33. The molecule has 196 valence electrons. The van der Waals surface area contributed by atoms with E-state index in [1.54, 1.807) is 21.6 Å². The maximum atomic E-state index is 14.0. The van der Waals surface area contributed by atoms with Crippen molar-refractivity contribution in [1.82, 2.24) is 29.6 Å². The first-order chi connectivity index (χ1) is 18.4. The van der Waals surface area contributed by atoms with Crippen molar-refractivity contribution in [2.75, 3.05) is 31.1 Å². The zero-order valence-electron chi connectivity index (χ0n) is 20.0. The summed E-state index contributed by atoms with van der Waals surface area (Å²) < 4.78 is 23.0. The number of anilines is 1. The third kappa shape index (κ3) is 4.25. The Morgan fingerprint density at radius 3 is 2.89 bits per heavy atom. The number of halogens is 2. The van der Waals surface area contributed by atoms with Crippen LogP contribution >= 0.6 is 11.6 Å². The van der Waals surface area contributed by atoms with Crippen LogP contribution in [0.1, 0.15) is 29.2 Å². The van der Waals surface area contributed by atoms with Crippen molar-refractivity contribution >= 4 is 34.4 Å². The molecular formula is C25H23ClFN7O4. The predicted octanol–water partition coefficient (Wildman–Crippen LogP) is 2.66. The molecule has 0 aliphatic carbocycles. The van der Waals surface area contributed by atoms with Crippen LogP contribution in [0.3, 0.4) is 0 Å². The molecule has 38 heavy (non-hydrogen) atoms. The quantitative estimate of drug-likeness (QED) is 0.364. The average molecular weight is 540 g/mol. The van der Waals surface area contributed by atoms with E-state index in [0.717, 1.165) is 25.9 Å². The molecule has 0 aromatic carbocycles. The molecule has 2 fully saturated rings. The van der Waals surface area contributed by atoms with Gasteiger partial charge in [0.1, 0.15) is 18.0 Å². The monoisotopic (exact) mass is 539 g/mol. The topological polar surface area (TPSA) is 127 Å². The maximum absolute atomic E-state index is 14.0. The standard InChI is InChI=1S/C25H23ClFN7O4/c26-19-7-17-21(35)18(25(36)37)12-33(16-10-30-34(11-16)15-8-28-9-15)22(17)31-23(19)32-6-2-3-14(32)13-38-24-20(27)4-1-5-29-24/h1,4-5,7,10-12,14-15,28H,2-3,6,8-9,13H2,(H,36,37)/t14-/m1/s1. The van der Waals surface area contributed by atoms with Gasteiger partial charge in [-0.05, 0) is 31.0 Å². The molecule has 4 aromatic heterocycles. The SMILES string of the molecule is O=C(O)c1cn(-c2cnn(C3CNC3)c2)c2nc(N3CCC[C@@H]3COc3ncccc3F)c(Cl)cc2c1=O.